The zero-order valence-electron chi connectivity index (χ0n) is 9.06. The van der Waals surface area contributed by atoms with Gasteiger partial charge in [0, 0.05) is 0 Å². The first kappa shape index (κ1) is 11.0. The van der Waals surface area contributed by atoms with Crippen LogP contribution in [0.15, 0.2) is 27.4 Å². The highest BCUT2D eigenvalue weighted by Crippen LogP contribution is 2.22. The summed E-state index contributed by atoms with van der Waals surface area (Å²) in [6.07, 6.45) is 0. The molecule has 5 N–H and O–H groups in total. The number of fused-ring (bicyclic) bond motifs is 1. The Balaban J connectivity index is 2.03. The Morgan fingerprint density at radius 2 is 2.17 bits per heavy atom. The fraction of sp³-hybridized carbons (Fsp3) is 0.200. The quantitative estimate of drug-likeness (QED) is 0.474. The van der Waals surface area contributed by atoms with E-state index in [0.717, 1.165) is 0 Å². The molecule has 0 spiro atoms. The molecule has 2 unspecified atom stereocenters. The van der Waals surface area contributed by atoms with Crippen LogP contribution in [0.25, 0.3) is 11.1 Å². The second-order valence-electron chi connectivity index (χ2n) is 3.98. The molecule has 0 aliphatic carbocycles. The molecule has 2 heterocycles. The molecule has 8 heteroatoms. The van der Waals surface area contributed by atoms with Crippen LogP contribution in [0, 0.1) is 0 Å². The maximum Gasteiger partial charge on any atom is 0.417 e. The predicted molar refractivity (Wildman–Crippen MR) is 60.4 cm³/mol. The minimum Gasteiger partial charge on any atom is -0.480 e. The van der Waals surface area contributed by atoms with Crippen molar-refractivity contribution in [1.29, 1.82) is 0 Å². The summed E-state index contributed by atoms with van der Waals surface area (Å²) in [6, 6.07) is 3.79. The lowest BCUT2D eigenvalue weighted by Crippen LogP contribution is -2.38. The monoisotopic (exact) mass is 250 g/mol. The van der Waals surface area contributed by atoms with Gasteiger partial charge in [-0.15, -0.1) is 0 Å². The van der Waals surface area contributed by atoms with Crippen molar-refractivity contribution in [3.8, 4) is 0 Å². The first-order valence-electron chi connectivity index (χ1n) is 5.27. The second-order valence-corrected chi connectivity index (χ2v) is 3.98. The molecule has 0 radical (unpaired) electrons. The van der Waals surface area contributed by atoms with Gasteiger partial charge in [-0.3, -0.25) is 9.78 Å². The Morgan fingerprint density at radius 1 is 1.33 bits per heavy atom. The Morgan fingerprint density at radius 3 is 2.94 bits per heavy atom. The minimum absolute atomic E-state index is 0.398. The average molecular weight is 250 g/mol. The third-order valence-corrected chi connectivity index (χ3v) is 2.86. The van der Waals surface area contributed by atoms with Crippen LogP contribution in [0.2, 0.25) is 0 Å². The molecule has 8 nitrogen and oxygen atoms in total. The fourth-order valence-electron chi connectivity index (χ4n) is 2.00. The number of rotatable bonds is 2. The normalized spacial score (nSPS) is 23.6. The number of carbonyl (C=O) groups is 1. The van der Waals surface area contributed by atoms with Gasteiger partial charge in [-0.1, -0.05) is 6.07 Å². The SMILES string of the molecule is O=C(O)C1NNNC1c1ccc2[nH]c(=O)oc2c1. The Hall–Kier alpha value is -2.16. The zero-order valence-corrected chi connectivity index (χ0v) is 9.06. The highest BCUT2D eigenvalue weighted by molar-refractivity contribution is 5.77. The third-order valence-electron chi connectivity index (χ3n) is 2.86. The number of H-pyrrole nitrogens is 1. The largest absolute Gasteiger partial charge is 0.480 e. The Bertz CT molecular complexity index is 661. The fourth-order valence-corrected chi connectivity index (χ4v) is 2.00. The number of hydrogen-bond acceptors (Lipinski definition) is 6. The van der Waals surface area contributed by atoms with Crippen molar-refractivity contribution in [1.82, 2.24) is 21.4 Å². The number of aromatic amines is 1. The van der Waals surface area contributed by atoms with E-state index < -0.39 is 23.8 Å². The van der Waals surface area contributed by atoms with E-state index in [1.54, 1.807) is 18.2 Å². The summed E-state index contributed by atoms with van der Waals surface area (Å²) >= 11 is 0. The zero-order chi connectivity index (χ0) is 12.7. The summed E-state index contributed by atoms with van der Waals surface area (Å²) in [4.78, 5) is 24.6. The van der Waals surface area contributed by atoms with Crippen molar-refractivity contribution in [3.05, 3.63) is 34.3 Å². The van der Waals surface area contributed by atoms with Crippen LogP contribution in [0.5, 0.6) is 0 Å². The third kappa shape index (κ3) is 1.68. The molecule has 18 heavy (non-hydrogen) atoms. The number of carboxylic acids is 1. The highest BCUT2D eigenvalue weighted by atomic mass is 16.4. The van der Waals surface area contributed by atoms with Crippen molar-refractivity contribution < 1.29 is 14.3 Å². The van der Waals surface area contributed by atoms with Gasteiger partial charge in [-0.05, 0) is 17.7 Å². The lowest BCUT2D eigenvalue weighted by atomic mass is 10.0. The average Bonchev–Trinajstić information content (AvgIpc) is 2.91. The Labute approximate surface area is 99.9 Å². The van der Waals surface area contributed by atoms with E-state index in [1.165, 1.54) is 0 Å². The number of aliphatic carboxylic acids is 1. The molecular formula is C10H10N4O4. The van der Waals surface area contributed by atoms with E-state index in [4.69, 9.17) is 9.52 Å². The molecule has 1 saturated heterocycles. The molecule has 0 amide bonds. The van der Waals surface area contributed by atoms with Crippen molar-refractivity contribution >= 4 is 17.1 Å². The van der Waals surface area contributed by atoms with E-state index in [1.807, 2.05) is 0 Å². The lowest BCUT2D eigenvalue weighted by Gasteiger charge is -2.13. The summed E-state index contributed by atoms with van der Waals surface area (Å²) in [6.45, 7) is 0. The summed E-state index contributed by atoms with van der Waals surface area (Å²) in [7, 11) is 0. The standard InChI is InChI=1S/C10H10N4O4/c15-9(16)8-7(12-14-13-8)4-1-2-5-6(3-4)18-10(17)11-5/h1-3,7-8,12-14H,(H,11,17)(H,15,16). The molecule has 3 rings (SSSR count). The molecule has 0 bridgehead atoms. The summed E-state index contributed by atoms with van der Waals surface area (Å²) in [5.41, 5.74) is 9.66. The Kier molecular flexibility index (Phi) is 2.40. The minimum atomic E-state index is -0.979. The van der Waals surface area contributed by atoms with E-state index in [0.29, 0.717) is 16.7 Å². The van der Waals surface area contributed by atoms with E-state index in [2.05, 4.69) is 21.4 Å². The van der Waals surface area contributed by atoms with Gasteiger partial charge in [0.2, 0.25) is 0 Å². The van der Waals surface area contributed by atoms with Crippen molar-refractivity contribution in [2.24, 2.45) is 0 Å². The number of hydrazine groups is 2. The number of hydrogen-bond donors (Lipinski definition) is 5. The van der Waals surface area contributed by atoms with Gasteiger partial charge in [0.25, 0.3) is 0 Å². The molecule has 1 aromatic carbocycles. The van der Waals surface area contributed by atoms with Crippen LogP contribution < -0.4 is 22.1 Å². The summed E-state index contributed by atoms with van der Waals surface area (Å²) in [5, 5.41) is 9.04. The van der Waals surface area contributed by atoms with Crippen LogP contribution in [0.4, 0.5) is 0 Å². The van der Waals surface area contributed by atoms with Gasteiger partial charge in [-0.25, -0.2) is 15.6 Å². The highest BCUT2D eigenvalue weighted by Gasteiger charge is 2.33. The first-order chi connectivity index (χ1) is 8.65. The van der Waals surface area contributed by atoms with Gasteiger partial charge in [-0.2, -0.15) is 5.53 Å². The molecule has 1 aliphatic heterocycles. The topological polar surface area (TPSA) is 119 Å². The van der Waals surface area contributed by atoms with E-state index in [-0.39, 0.29) is 0 Å². The van der Waals surface area contributed by atoms with Crippen molar-refractivity contribution in [3.63, 3.8) is 0 Å². The van der Waals surface area contributed by atoms with Crippen molar-refractivity contribution in [2.45, 2.75) is 12.1 Å². The summed E-state index contributed by atoms with van der Waals surface area (Å²) in [5.74, 6) is -1.51. The molecule has 2 atom stereocenters. The van der Waals surface area contributed by atoms with Gasteiger partial charge in [0.05, 0.1) is 11.6 Å². The maximum atomic E-state index is 11.0. The van der Waals surface area contributed by atoms with Gasteiger partial charge >= 0.3 is 11.7 Å². The molecular weight excluding hydrogens is 240 g/mol. The number of carboxylic acid groups (broad SMARTS) is 1. The summed E-state index contributed by atoms with van der Waals surface area (Å²) < 4.78 is 4.94. The molecule has 0 saturated carbocycles. The molecule has 94 valence electrons. The van der Waals surface area contributed by atoms with Crippen LogP contribution >= 0.6 is 0 Å². The maximum absolute atomic E-state index is 11.0. The van der Waals surface area contributed by atoms with E-state index >= 15 is 0 Å². The van der Waals surface area contributed by atoms with E-state index in [9.17, 15) is 9.59 Å². The molecule has 1 fully saturated rings. The lowest BCUT2D eigenvalue weighted by molar-refractivity contribution is -0.139. The second kappa shape index (κ2) is 3.95. The van der Waals surface area contributed by atoms with Crippen LogP contribution in [0.1, 0.15) is 11.6 Å². The van der Waals surface area contributed by atoms with Crippen LogP contribution in [0.3, 0.4) is 0 Å². The first-order valence-corrected chi connectivity index (χ1v) is 5.27. The molecule has 1 aromatic heterocycles. The van der Waals surface area contributed by atoms with Crippen molar-refractivity contribution in [2.75, 3.05) is 0 Å². The van der Waals surface area contributed by atoms with Gasteiger partial charge in [0.1, 0.15) is 6.04 Å². The number of benzene rings is 1. The van der Waals surface area contributed by atoms with Gasteiger partial charge < -0.3 is 9.52 Å². The van der Waals surface area contributed by atoms with Gasteiger partial charge in [0.15, 0.2) is 5.58 Å². The molecule has 1 aliphatic rings. The van der Waals surface area contributed by atoms with Crippen LogP contribution in [-0.2, 0) is 4.79 Å². The number of oxazole rings is 1. The smallest absolute Gasteiger partial charge is 0.417 e. The van der Waals surface area contributed by atoms with Crippen LogP contribution in [-0.4, -0.2) is 22.1 Å². The predicted octanol–water partition coefficient (Wildman–Crippen LogP) is -0.772. The number of nitrogens with one attached hydrogen (secondary N) is 4. The molecule has 2 aromatic rings. The number of aromatic nitrogens is 1.